The highest BCUT2D eigenvalue weighted by molar-refractivity contribution is 5.38. The molecule has 118 valence electrons. The van der Waals surface area contributed by atoms with Crippen molar-refractivity contribution >= 4 is 0 Å². The van der Waals surface area contributed by atoms with Gasteiger partial charge < -0.3 is 10.5 Å². The van der Waals surface area contributed by atoms with Gasteiger partial charge in [0.2, 0.25) is 0 Å². The van der Waals surface area contributed by atoms with E-state index in [1.165, 1.54) is 16.7 Å². The molecular formula is C20H27NO. The highest BCUT2D eigenvalue weighted by Gasteiger charge is 2.21. The van der Waals surface area contributed by atoms with E-state index in [0.29, 0.717) is 18.4 Å². The zero-order chi connectivity index (χ0) is 15.9. The molecule has 0 bridgehead atoms. The van der Waals surface area contributed by atoms with Gasteiger partial charge in [-0.1, -0.05) is 50.2 Å². The summed E-state index contributed by atoms with van der Waals surface area (Å²) < 4.78 is 5.48. The number of nitrogens with two attached hydrogens (primary N) is 1. The molecule has 2 unspecified atom stereocenters. The Hall–Kier alpha value is -1.80. The topological polar surface area (TPSA) is 35.2 Å². The van der Waals surface area contributed by atoms with Crippen LogP contribution in [-0.4, -0.2) is 13.7 Å². The molecule has 2 nitrogen and oxygen atoms in total. The fourth-order valence-corrected chi connectivity index (χ4v) is 3.10. The van der Waals surface area contributed by atoms with Gasteiger partial charge in [0.25, 0.3) is 0 Å². The van der Waals surface area contributed by atoms with Gasteiger partial charge >= 0.3 is 0 Å². The third-order valence-electron chi connectivity index (χ3n) is 4.47. The predicted octanol–water partition coefficient (Wildman–Crippen LogP) is 4.49. The molecule has 0 aliphatic carbocycles. The van der Waals surface area contributed by atoms with Gasteiger partial charge in [-0.15, -0.1) is 0 Å². The highest BCUT2D eigenvalue weighted by Crippen LogP contribution is 2.37. The van der Waals surface area contributed by atoms with E-state index in [1.54, 1.807) is 7.11 Å². The maximum atomic E-state index is 5.89. The zero-order valence-corrected chi connectivity index (χ0v) is 13.9. The second kappa shape index (κ2) is 8.00. The molecule has 0 amide bonds. The maximum absolute atomic E-state index is 5.89. The van der Waals surface area contributed by atoms with E-state index in [9.17, 15) is 0 Å². The van der Waals surface area contributed by atoms with E-state index in [2.05, 4.69) is 62.4 Å². The summed E-state index contributed by atoms with van der Waals surface area (Å²) in [7, 11) is 1.73. The average Bonchev–Trinajstić information content (AvgIpc) is 2.59. The minimum atomic E-state index is 0.410. The molecule has 0 radical (unpaired) electrons. The summed E-state index contributed by atoms with van der Waals surface area (Å²) in [6.07, 6.45) is 1.99. The van der Waals surface area contributed by atoms with Crippen LogP contribution in [0, 0.1) is 0 Å². The molecule has 0 fully saturated rings. The van der Waals surface area contributed by atoms with E-state index < -0.39 is 0 Å². The van der Waals surface area contributed by atoms with Gasteiger partial charge in [-0.25, -0.2) is 0 Å². The molecule has 2 heteroatoms. The van der Waals surface area contributed by atoms with Crippen LogP contribution in [0.5, 0.6) is 5.75 Å². The minimum absolute atomic E-state index is 0.410. The highest BCUT2D eigenvalue weighted by atomic mass is 16.5. The SMILES string of the molecule is CCc1cc(OC)cc(C(CCN)C(C)c2ccccc2)c1. The monoisotopic (exact) mass is 297 g/mol. The molecule has 2 rings (SSSR count). The number of ether oxygens (including phenoxy) is 1. The maximum Gasteiger partial charge on any atom is 0.119 e. The van der Waals surface area contributed by atoms with Gasteiger partial charge in [-0.05, 0) is 60.0 Å². The van der Waals surface area contributed by atoms with Crippen LogP contribution in [0.3, 0.4) is 0 Å². The van der Waals surface area contributed by atoms with Crippen molar-refractivity contribution in [3.63, 3.8) is 0 Å². The fraction of sp³-hybridized carbons (Fsp3) is 0.400. The Balaban J connectivity index is 2.39. The molecule has 0 spiro atoms. The lowest BCUT2D eigenvalue weighted by atomic mass is 9.80. The van der Waals surface area contributed by atoms with Crippen molar-refractivity contribution in [2.45, 2.75) is 38.5 Å². The molecule has 0 aliphatic rings. The average molecular weight is 297 g/mol. The predicted molar refractivity (Wildman–Crippen MR) is 93.6 cm³/mol. The fourth-order valence-electron chi connectivity index (χ4n) is 3.10. The Morgan fingerprint density at radius 3 is 2.36 bits per heavy atom. The molecule has 22 heavy (non-hydrogen) atoms. The first-order valence-corrected chi connectivity index (χ1v) is 8.12. The lowest BCUT2D eigenvalue weighted by Crippen LogP contribution is -2.14. The number of aryl methyl sites for hydroxylation is 1. The molecule has 0 aliphatic heterocycles. The van der Waals surface area contributed by atoms with Crippen LogP contribution in [0.25, 0.3) is 0 Å². The summed E-state index contributed by atoms with van der Waals surface area (Å²) in [5.74, 6) is 1.78. The standard InChI is InChI=1S/C20H27NO/c1-4-16-12-18(14-19(13-16)22-3)20(10-11-21)15(2)17-8-6-5-7-9-17/h5-9,12-15,20H,4,10-11,21H2,1-3H3. The number of benzene rings is 2. The van der Waals surface area contributed by atoms with Gasteiger partial charge in [0.1, 0.15) is 5.75 Å². The second-order valence-corrected chi connectivity index (χ2v) is 5.85. The third kappa shape index (κ3) is 3.89. The Labute approximate surface area is 134 Å². The number of hydrogen-bond donors (Lipinski definition) is 1. The van der Waals surface area contributed by atoms with Gasteiger partial charge in [0.05, 0.1) is 7.11 Å². The van der Waals surface area contributed by atoms with Gasteiger partial charge in [-0.3, -0.25) is 0 Å². The summed E-state index contributed by atoms with van der Waals surface area (Å²) >= 11 is 0. The molecule has 0 heterocycles. The van der Waals surface area contributed by atoms with Gasteiger partial charge in [0, 0.05) is 0 Å². The van der Waals surface area contributed by atoms with E-state index in [4.69, 9.17) is 10.5 Å². The van der Waals surface area contributed by atoms with Crippen molar-refractivity contribution < 1.29 is 4.74 Å². The lowest BCUT2D eigenvalue weighted by molar-refractivity contribution is 0.412. The molecule has 0 saturated carbocycles. The molecule has 2 aromatic rings. The first-order chi connectivity index (χ1) is 10.7. The van der Waals surface area contributed by atoms with Crippen LogP contribution in [0.1, 0.15) is 48.8 Å². The van der Waals surface area contributed by atoms with E-state index in [0.717, 1.165) is 18.6 Å². The molecule has 2 atom stereocenters. The number of rotatable bonds is 7. The second-order valence-electron chi connectivity index (χ2n) is 5.85. The van der Waals surface area contributed by atoms with Crippen LogP contribution in [0.2, 0.25) is 0 Å². The van der Waals surface area contributed by atoms with Crippen LogP contribution >= 0.6 is 0 Å². The van der Waals surface area contributed by atoms with Crippen molar-refractivity contribution in [1.29, 1.82) is 0 Å². The first-order valence-electron chi connectivity index (χ1n) is 8.12. The van der Waals surface area contributed by atoms with Crippen molar-refractivity contribution in [3.05, 3.63) is 65.2 Å². The Morgan fingerprint density at radius 1 is 1.05 bits per heavy atom. The van der Waals surface area contributed by atoms with Gasteiger partial charge in [-0.2, -0.15) is 0 Å². The summed E-state index contributed by atoms with van der Waals surface area (Å²) in [4.78, 5) is 0. The van der Waals surface area contributed by atoms with Crippen LogP contribution in [0.15, 0.2) is 48.5 Å². The largest absolute Gasteiger partial charge is 0.497 e. The smallest absolute Gasteiger partial charge is 0.119 e. The van der Waals surface area contributed by atoms with Crippen LogP contribution in [-0.2, 0) is 6.42 Å². The van der Waals surface area contributed by atoms with Crippen LogP contribution in [0.4, 0.5) is 0 Å². The summed E-state index contributed by atoms with van der Waals surface area (Å²) in [5.41, 5.74) is 9.90. The van der Waals surface area contributed by atoms with Crippen molar-refractivity contribution in [3.8, 4) is 5.75 Å². The van der Waals surface area contributed by atoms with Crippen molar-refractivity contribution in [2.75, 3.05) is 13.7 Å². The van der Waals surface area contributed by atoms with Crippen molar-refractivity contribution in [2.24, 2.45) is 5.73 Å². The lowest BCUT2D eigenvalue weighted by Gasteiger charge is -2.25. The Bertz CT molecular complexity index is 557. The minimum Gasteiger partial charge on any atom is -0.497 e. The van der Waals surface area contributed by atoms with Crippen LogP contribution < -0.4 is 10.5 Å². The molecule has 2 aromatic carbocycles. The summed E-state index contributed by atoms with van der Waals surface area (Å²) in [6, 6.07) is 17.3. The zero-order valence-electron chi connectivity index (χ0n) is 13.9. The first kappa shape index (κ1) is 16.6. The Morgan fingerprint density at radius 2 is 1.77 bits per heavy atom. The van der Waals surface area contributed by atoms with E-state index >= 15 is 0 Å². The van der Waals surface area contributed by atoms with E-state index in [1.807, 2.05) is 0 Å². The van der Waals surface area contributed by atoms with Gasteiger partial charge in [0.15, 0.2) is 0 Å². The van der Waals surface area contributed by atoms with Crippen molar-refractivity contribution in [1.82, 2.24) is 0 Å². The molecule has 0 aromatic heterocycles. The number of methoxy groups -OCH3 is 1. The van der Waals surface area contributed by atoms with E-state index in [-0.39, 0.29) is 0 Å². The summed E-state index contributed by atoms with van der Waals surface area (Å²) in [6.45, 7) is 5.17. The molecule has 0 saturated heterocycles. The summed E-state index contributed by atoms with van der Waals surface area (Å²) in [5, 5.41) is 0. The molecule has 2 N–H and O–H groups in total. The quantitative estimate of drug-likeness (QED) is 0.817. The Kier molecular flexibility index (Phi) is 6.02. The number of hydrogen-bond acceptors (Lipinski definition) is 2. The normalized spacial score (nSPS) is 13.6. The molecular weight excluding hydrogens is 270 g/mol. The third-order valence-corrected chi connectivity index (χ3v) is 4.47.